The number of nitrogens with one attached hydrogen (secondary N) is 1. The lowest BCUT2D eigenvalue weighted by Gasteiger charge is -2.25. The predicted octanol–water partition coefficient (Wildman–Crippen LogP) is 4.50. The van der Waals surface area contributed by atoms with E-state index in [2.05, 4.69) is 5.32 Å². The minimum Gasteiger partial charge on any atom is -0.317 e. The van der Waals surface area contributed by atoms with Crippen molar-refractivity contribution in [3.05, 3.63) is 65.5 Å². The fourth-order valence-electron chi connectivity index (χ4n) is 2.96. The van der Waals surface area contributed by atoms with Gasteiger partial charge in [-0.1, -0.05) is 24.3 Å². The topological polar surface area (TPSA) is 32.3 Å². The number of carbonyl (C=O) groups is 1. The molecule has 0 radical (unpaired) electrons. The third-order valence-corrected chi connectivity index (χ3v) is 4.04. The van der Waals surface area contributed by atoms with Gasteiger partial charge in [0.25, 0.3) is 0 Å². The minimum atomic E-state index is -0.252. The van der Waals surface area contributed by atoms with Crippen molar-refractivity contribution in [1.82, 2.24) is 4.90 Å². The standard InChI is InChI=1S/C18H19FN2O/c1-13-4-2-5-16(12-13)20-18(22)21-11-3-6-17(21)14-7-9-15(19)10-8-14/h2,4-5,7-10,12,17H,3,6,11H2,1H3,(H,20,22)/t17-/m1/s1. The highest BCUT2D eigenvalue weighted by atomic mass is 19.1. The average molecular weight is 298 g/mol. The molecule has 0 aliphatic carbocycles. The Kier molecular flexibility index (Phi) is 4.09. The molecule has 0 unspecified atom stereocenters. The number of hydrogen-bond acceptors (Lipinski definition) is 1. The zero-order valence-corrected chi connectivity index (χ0v) is 12.6. The smallest absolute Gasteiger partial charge is 0.317 e. The lowest BCUT2D eigenvalue weighted by atomic mass is 10.0. The summed E-state index contributed by atoms with van der Waals surface area (Å²) in [4.78, 5) is 14.3. The van der Waals surface area contributed by atoms with E-state index in [0.717, 1.165) is 36.2 Å². The SMILES string of the molecule is Cc1cccc(NC(=O)N2CCC[C@@H]2c2ccc(F)cc2)c1. The highest BCUT2D eigenvalue weighted by molar-refractivity contribution is 5.89. The number of benzene rings is 2. The van der Waals surface area contributed by atoms with Crippen molar-refractivity contribution >= 4 is 11.7 Å². The van der Waals surface area contributed by atoms with Gasteiger partial charge in [-0.15, -0.1) is 0 Å². The third-order valence-electron chi connectivity index (χ3n) is 4.04. The second-order valence-electron chi connectivity index (χ2n) is 5.70. The molecule has 3 rings (SSSR count). The van der Waals surface area contributed by atoms with Crippen LogP contribution in [0.3, 0.4) is 0 Å². The maximum Gasteiger partial charge on any atom is 0.322 e. The number of carbonyl (C=O) groups excluding carboxylic acids is 1. The van der Waals surface area contributed by atoms with Gasteiger partial charge in [0, 0.05) is 12.2 Å². The Hall–Kier alpha value is -2.36. The van der Waals surface area contributed by atoms with Gasteiger partial charge in [-0.25, -0.2) is 9.18 Å². The molecule has 2 aromatic rings. The van der Waals surface area contributed by atoms with Crippen molar-refractivity contribution in [2.75, 3.05) is 11.9 Å². The van der Waals surface area contributed by atoms with Gasteiger partial charge in [0.05, 0.1) is 6.04 Å². The van der Waals surface area contributed by atoms with Gasteiger partial charge in [-0.05, 0) is 55.2 Å². The van der Waals surface area contributed by atoms with Gasteiger partial charge in [-0.2, -0.15) is 0 Å². The molecule has 1 saturated heterocycles. The minimum absolute atomic E-state index is 0.0189. The first-order chi connectivity index (χ1) is 10.6. The van der Waals surface area contributed by atoms with Crippen LogP contribution in [-0.4, -0.2) is 17.5 Å². The van der Waals surface area contributed by atoms with Crippen LogP contribution in [0.25, 0.3) is 0 Å². The first-order valence-corrected chi connectivity index (χ1v) is 7.53. The first-order valence-electron chi connectivity index (χ1n) is 7.53. The highest BCUT2D eigenvalue weighted by Crippen LogP contribution is 2.32. The Labute approximate surface area is 129 Å². The van der Waals surface area contributed by atoms with Crippen LogP contribution >= 0.6 is 0 Å². The number of rotatable bonds is 2. The number of halogens is 1. The zero-order valence-electron chi connectivity index (χ0n) is 12.6. The molecule has 1 atom stereocenters. The van der Waals surface area contributed by atoms with Crippen LogP contribution in [0.5, 0.6) is 0 Å². The van der Waals surface area contributed by atoms with Crippen LogP contribution in [0.2, 0.25) is 0 Å². The monoisotopic (exact) mass is 298 g/mol. The molecule has 0 saturated carbocycles. The molecule has 1 fully saturated rings. The molecule has 1 N–H and O–H groups in total. The van der Waals surface area contributed by atoms with Gasteiger partial charge < -0.3 is 10.2 Å². The van der Waals surface area contributed by atoms with Crippen molar-refractivity contribution in [3.63, 3.8) is 0 Å². The first kappa shape index (κ1) is 14.6. The molecule has 1 heterocycles. The summed E-state index contributed by atoms with van der Waals surface area (Å²) in [5.41, 5.74) is 2.89. The van der Waals surface area contributed by atoms with Gasteiger partial charge in [0.2, 0.25) is 0 Å². The zero-order chi connectivity index (χ0) is 15.5. The van der Waals surface area contributed by atoms with E-state index >= 15 is 0 Å². The second kappa shape index (κ2) is 6.18. The summed E-state index contributed by atoms with van der Waals surface area (Å²) >= 11 is 0. The van der Waals surface area contributed by atoms with Gasteiger partial charge in [-0.3, -0.25) is 0 Å². The van der Waals surface area contributed by atoms with E-state index in [1.807, 2.05) is 36.1 Å². The molecular weight excluding hydrogens is 279 g/mol. The van der Waals surface area contributed by atoms with E-state index < -0.39 is 0 Å². The van der Waals surface area contributed by atoms with E-state index in [1.54, 1.807) is 12.1 Å². The van der Waals surface area contributed by atoms with Crippen molar-refractivity contribution in [1.29, 1.82) is 0 Å². The van der Waals surface area contributed by atoms with Crippen LogP contribution in [0, 0.1) is 12.7 Å². The number of hydrogen-bond donors (Lipinski definition) is 1. The van der Waals surface area contributed by atoms with Gasteiger partial charge in [0.15, 0.2) is 0 Å². The quantitative estimate of drug-likeness (QED) is 0.869. The summed E-state index contributed by atoms with van der Waals surface area (Å²) in [6.07, 6.45) is 1.87. The summed E-state index contributed by atoms with van der Waals surface area (Å²) < 4.78 is 13.1. The Morgan fingerprint density at radius 1 is 1.23 bits per heavy atom. The molecule has 0 bridgehead atoms. The summed E-state index contributed by atoms with van der Waals surface area (Å²) in [5, 5.41) is 2.95. The average Bonchev–Trinajstić information content (AvgIpc) is 2.97. The second-order valence-corrected chi connectivity index (χ2v) is 5.70. The fourth-order valence-corrected chi connectivity index (χ4v) is 2.96. The molecule has 22 heavy (non-hydrogen) atoms. The summed E-state index contributed by atoms with van der Waals surface area (Å²) in [5.74, 6) is -0.252. The fraction of sp³-hybridized carbons (Fsp3) is 0.278. The molecule has 0 spiro atoms. The van der Waals surface area contributed by atoms with Crippen molar-refractivity contribution in [2.24, 2.45) is 0 Å². The molecule has 1 aliphatic rings. The molecule has 114 valence electrons. The largest absolute Gasteiger partial charge is 0.322 e. The third kappa shape index (κ3) is 3.11. The Morgan fingerprint density at radius 2 is 2.00 bits per heavy atom. The van der Waals surface area contributed by atoms with Crippen LogP contribution in [0.1, 0.15) is 30.0 Å². The van der Waals surface area contributed by atoms with Crippen LogP contribution in [-0.2, 0) is 0 Å². The van der Waals surface area contributed by atoms with Gasteiger partial charge in [0.1, 0.15) is 5.82 Å². The van der Waals surface area contributed by atoms with E-state index in [0.29, 0.717) is 0 Å². The van der Waals surface area contributed by atoms with Crippen molar-refractivity contribution in [2.45, 2.75) is 25.8 Å². The number of aryl methyl sites for hydroxylation is 1. The molecule has 0 aromatic heterocycles. The van der Waals surface area contributed by atoms with E-state index in [1.165, 1.54) is 12.1 Å². The molecule has 1 aliphatic heterocycles. The molecular formula is C18H19FN2O. The Balaban J connectivity index is 1.75. The summed E-state index contributed by atoms with van der Waals surface area (Å²) in [6, 6.07) is 14.1. The van der Waals surface area contributed by atoms with E-state index in [4.69, 9.17) is 0 Å². The Morgan fingerprint density at radius 3 is 2.73 bits per heavy atom. The normalized spacial score (nSPS) is 17.5. The number of nitrogens with zero attached hydrogens (tertiary/aromatic N) is 1. The van der Waals surface area contributed by atoms with Gasteiger partial charge >= 0.3 is 6.03 Å². The van der Waals surface area contributed by atoms with Crippen LogP contribution in [0.15, 0.2) is 48.5 Å². The van der Waals surface area contributed by atoms with E-state index in [-0.39, 0.29) is 17.9 Å². The highest BCUT2D eigenvalue weighted by Gasteiger charge is 2.29. The maximum atomic E-state index is 13.1. The van der Waals surface area contributed by atoms with Crippen LogP contribution < -0.4 is 5.32 Å². The number of anilines is 1. The molecule has 4 heteroatoms. The molecule has 3 nitrogen and oxygen atoms in total. The summed E-state index contributed by atoms with van der Waals surface area (Å²) in [7, 11) is 0. The number of urea groups is 1. The summed E-state index contributed by atoms with van der Waals surface area (Å²) in [6.45, 7) is 2.71. The van der Waals surface area contributed by atoms with Crippen molar-refractivity contribution < 1.29 is 9.18 Å². The predicted molar refractivity (Wildman–Crippen MR) is 85.3 cm³/mol. The lowest BCUT2D eigenvalue weighted by molar-refractivity contribution is 0.207. The van der Waals surface area contributed by atoms with Crippen LogP contribution in [0.4, 0.5) is 14.9 Å². The lowest BCUT2D eigenvalue weighted by Crippen LogP contribution is -2.34. The molecule has 2 aromatic carbocycles. The Bertz CT molecular complexity index is 669. The van der Waals surface area contributed by atoms with Crippen molar-refractivity contribution in [3.8, 4) is 0 Å². The number of likely N-dealkylation sites (tertiary alicyclic amines) is 1. The molecule has 2 amide bonds. The number of amides is 2. The van der Waals surface area contributed by atoms with E-state index in [9.17, 15) is 9.18 Å². The maximum absolute atomic E-state index is 13.1.